The summed E-state index contributed by atoms with van der Waals surface area (Å²) < 4.78 is 17.0. The van der Waals surface area contributed by atoms with E-state index in [0.717, 1.165) is 32.2 Å². The first-order valence-corrected chi connectivity index (χ1v) is 8.82. The monoisotopic (exact) mass is 339 g/mol. The summed E-state index contributed by atoms with van der Waals surface area (Å²) in [5.41, 5.74) is 1.64. The first-order valence-electron chi connectivity index (χ1n) is 8.82. The lowest BCUT2D eigenvalue weighted by Crippen LogP contribution is -2.32. The third-order valence-electron chi connectivity index (χ3n) is 5.57. The molecule has 25 heavy (non-hydrogen) atoms. The van der Waals surface area contributed by atoms with E-state index in [1.165, 1.54) is 6.07 Å². The van der Waals surface area contributed by atoms with E-state index < -0.39 is 11.2 Å². The number of rotatable bonds is 2. The van der Waals surface area contributed by atoms with Crippen molar-refractivity contribution < 1.29 is 9.18 Å². The minimum absolute atomic E-state index is 0.0864. The lowest BCUT2D eigenvalue weighted by molar-refractivity contribution is 0.112. The molecule has 1 aliphatic carbocycles. The van der Waals surface area contributed by atoms with Crippen LogP contribution in [0.3, 0.4) is 0 Å². The number of aliphatic imine (C=N–C) groups is 1. The third kappa shape index (κ3) is 2.09. The number of carbonyl (C=O) groups is 1. The van der Waals surface area contributed by atoms with E-state index in [0.29, 0.717) is 29.6 Å². The van der Waals surface area contributed by atoms with Crippen molar-refractivity contribution in [2.24, 2.45) is 4.99 Å². The van der Waals surface area contributed by atoms with Crippen LogP contribution in [0.5, 0.6) is 0 Å². The molecule has 2 aromatic rings. The van der Waals surface area contributed by atoms with Crippen LogP contribution >= 0.6 is 0 Å². The van der Waals surface area contributed by atoms with E-state index in [-0.39, 0.29) is 23.0 Å². The Bertz CT molecular complexity index is 991. The van der Waals surface area contributed by atoms with Gasteiger partial charge in [-0.15, -0.1) is 0 Å². The van der Waals surface area contributed by atoms with Crippen LogP contribution < -0.4 is 10.3 Å². The molecule has 1 saturated carbocycles. The van der Waals surface area contributed by atoms with Gasteiger partial charge in [-0.1, -0.05) is 0 Å². The Morgan fingerprint density at radius 1 is 1.24 bits per heavy atom. The molecule has 2 aliphatic heterocycles. The Morgan fingerprint density at radius 2 is 2.08 bits per heavy atom. The van der Waals surface area contributed by atoms with Crippen molar-refractivity contribution >= 4 is 29.1 Å². The van der Waals surface area contributed by atoms with E-state index in [2.05, 4.69) is 9.89 Å². The smallest absolute Gasteiger partial charge is 0.200 e. The highest BCUT2D eigenvalue weighted by Crippen LogP contribution is 2.41. The van der Waals surface area contributed by atoms with Crippen molar-refractivity contribution in [3.05, 3.63) is 39.4 Å². The fourth-order valence-electron chi connectivity index (χ4n) is 4.25. The van der Waals surface area contributed by atoms with E-state index in [9.17, 15) is 9.59 Å². The minimum atomic E-state index is -0.404. The number of nitrogens with zero attached hydrogens (tertiary/aromatic N) is 3. The third-order valence-corrected chi connectivity index (χ3v) is 5.57. The predicted molar refractivity (Wildman–Crippen MR) is 94.7 cm³/mol. The van der Waals surface area contributed by atoms with Crippen molar-refractivity contribution in [1.82, 2.24) is 4.57 Å². The van der Waals surface area contributed by atoms with Crippen LogP contribution in [0.1, 0.15) is 47.6 Å². The van der Waals surface area contributed by atoms with Gasteiger partial charge in [0.15, 0.2) is 11.7 Å². The van der Waals surface area contributed by atoms with Gasteiger partial charge in [0.25, 0.3) is 0 Å². The predicted octanol–water partition coefficient (Wildman–Crippen LogP) is 2.69. The number of anilines is 1. The number of halogens is 1. The topological polar surface area (TPSA) is 54.7 Å². The van der Waals surface area contributed by atoms with Gasteiger partial charge in [0.2, 0.25) is 0 Å². The fourth-order valence-corrected chi connectivity index (χ4v) is 4.25. The second-order valence-electron chi connectivity index (χ2n) is 7.17. The van der Waals surface area contributed by atoms with Gasteiger partial charge >= 0.3 is 0 Å². The molecule has 5 nitrogen and oxygen atoms in total. The SMILES string of the molecule is O=Cc1cn(C2CC2)c2c3c(c(F)cc2c1=O)N1CCCC1CN=C3. The number of aldehydes is 1. The van der Waals surface area contributed by atoms with Crippen molar-refractivity contribution in [2.75, 3.05) is 18.0 Å². The molecular weight excluding hydrogens is 321 g/mol. The Balaban J connectivity index is 1.91. The molecule has 128 valence electrons. The molecule has 5 rings (SSSR count). The molecule has 1 unspecified atom stereocenters. The average Bonchev–Trinajstić information content (AvgIpc) is 3.38. The Labute approximate surface area is 143 Å². The highest BCUT2D eigenvalue weighted by Gasteiger charge is 2.33. The maximum Gasteiger partial charge on any atom is 0.200 e. The molecule has 0 spiro atoms. The fraction of sp³-hybridized carbons (Fsp3) is 0.421. The van der Waals surface area contributed by atoms with Gasteiger partial charge < -0.3 is 9.47 Å². The molecule has 6 heteroatoms. The first-order chi connectivity index (χ1) is 12.2. The van der Waals surface area contributed by atoms with Gasteiger partial charge in [0.1, 0.15) is 5.82 Å². The number of fused-ring (bicyclic) bond motifs is 5. The maximum atomic E-state index is 15.0. The highest BCUT2D eigenvalue weighted by atomic mass is 19.1. The Morgan fingerprint density at radius 3 is 2.84 bits per heavy atom. The number of hydrogen-bond acceptors (Lipinski definition) is 4. The second-order valence-corrected chi connectivity index (χ2v) is 7.17. The van der Waals surface area contributed by atoms with E-state index in [1.807, 2.05) is 4.57 Å². The number of benzene rings is 1. The number of pyridine rings is 1. The van der Waals surface area contributed by atoms with E-state index in [4.69, 9.17) is 0 Å². The molecule has 0 N–H and O–H groups in total. The molecule has 0 radical (unpaired) electrons. The standard InChI is InChI=1S/C19H18FN3O2/c20-16-6-14-17(23(12-3-4-12)9-11(10-24)19(14)25)15-8-21-7-13-2-1-5-22(13)18(15)16/h6,8-10,12-13H,1-5,7H2. The molecule has 0 bridgehead atoms. The van der Waals surface area contributed by atoms with Crippen molar-refractivity contribution in [3.63, 3.8) is 0 Å². The number of carbonyl (C=O) groups excluding carboxylic acids is 1. The van der Waals surface area contributed by atoms with Crippen LogP contribution in [-0.2, 0) is 0 Å². The van der Waals surface area contributed by atoms with Crippen LogP contribution in [0.25, 0.3) is 10.9 Å². The summed E-state index contributed by atoms with van der Waals surface area (Å²) in [5, 5.41) is 0.275. The second kappa shape index (κ2) is 5.25. The summed E-state index contributed by atoms with van der Waals surface area (Å²) in [6.07, 6.45) is 7.96. The van der Waals surface area contributed by atoms with Crippen LogP contribution in [0.4, 0.5) is 10.1 Å². The van der Waals surface area contributed by atoms with Gasteiger partial charge in [0.05, 0.1) is 28.7 Å². The average molecular weight is 339 g/mol. The van der Waals surface area contributed by atoms with Crippen LogP contribution in [0.15, 0.2) is 22.1 Å². The summed E-state index contributed by atoms with van der Waals surface area (Å²) in [7, 11) is 0. The zero-order valence-electron chi connectivity index (χ0n) is 13.7. The van der Waals surface area contributed by atoms with Gasteiger partial charge in [-0.25, -0.2) is 4.39 Å². The van der Waals surface area contributed by atoms with Gasteiger partial charge in [0, 0.05) is 36.6 Å². The van der Waals surface area contributed by atoms with Crippen LogP contribution in [0.2, 0.25) is 0 Å². The normalized spacial score (nSPS) is 22.0. The van der Waals surface area contributed by atoms with E-state index in [1.54, 1.807) is 12.4 Å². The van der Waals surface area contributed by atoms with Crippen molar-refractivity contribution in [2.45, 2.75) is 37.8 Å². The van der Waals surface area contributed by atoms with Crippen LogP contribution in [-0.4, -0.2) is 36.2 Å². The summed E-state index contributed by atoms with van der Waals surface area (Å²) in [5.74, 6) is -0.398. The summed E-state index contributed by atoms with van der Waals surface area (Å²) in [6, 6.07) is 1.80. The van der Waals surface area contributed by atoms with Crippen molar-refractivity contribution in [3.8, 4) is 0 Å². The van der Waals surface area contributed by atoms with Crippen LogP contribution in [0, 0.1) is 5.82 Å². The summed E-state index contributed by atoms with van der Waals surface area (Å²) >= 11 is 0. The molecule has 0 amide bonds. The number of aromatic nitrogens is 1. The first kappa shape index (κ1) is 14.8. The molecule has 3 heterocycles. The lowest BCUT2D eigenvalue weighted by atomic mass is 10.0. The largest absolute Gasteiger partial charge is 0.364 e. The molecule has 1 atom stereocenters. The Kier molecular flexibility index (Phi) is 3.11. The zero-order chi connectivity index (χ0) is 17.1. The minimum Gasteiger partial charge on any atom is -0.364 e. The van der Waals surface area contributed by atoms with Crippen molar-refractivity contribution in [1.29, 1.82) is 0 Å². The molecule has 3 aliphatic rings. The summed E-state index contributed by atoms with van der Waals surface area (Å²) in [6.45, 7) is 1.46. The van der Waals surface area contributed by atoms with E-state index >= 15 is 4.39 Å². The summed E-state index contributed by atoms with van der Waals surface area (Å²) in [4.78, 5) is 30.6. The molecular formula is C19H18FN3O2. The van der Waals surface area contributed by atoms with Gasteiger partial charge in [-0.2, -0.15) is 0 Å². The van der Waals surface area contributed by atoms with Gasteiger partial charge in [-0.05, 0) is 31.7 Å². The quantitative estimate of drug-likeness (QED) is 0.791. The molecule has 1 aromatic heterocycles. The molecule has 1 saturated heterocycles. The molecule has 1 aromatic carbocycles. The Hall–Kier alpha value is -2.50. The maximum absolute atomic E-state index is 15.0. The number of hydrogen-bond donors (Lipinski definition) is 0. The molecule has 2 fully saturated rings. The zero-order valence-corrected chi connectivity index (χ0v) is 13.7. The lowest BCUT2D eigenvalue weighted by Gasteiger charge is -2.27. The van der Waals surface area contributed by atoms with Gasteiger partial charge in [-0.3, -0.25) is 14.6 Å². The highest BCUT2D eigenvalue weighted by molar-refractivity contribution is 6.05.